The number of rotatable bonds is 3. The number of aliphatic hydroxyl groups is 1. The average Bonchev–Trinajstić information content (AvgIpc) is 2.17. The number of ether oxygens (including phenoxy) is 1. The van der Waals surface area contributed by atoms with E-state index in [2.05, 4.69) is 11.3 Å². The number of aliphatic hydroxyl groups excluding tert-OH is 1. The molecule has 14 heavy (non-hydrogen) atoms. The largest absolute Gasteiger partial charge is 0.430 e. The van der Waals surface area contributed by atoms with Gasteiger partial charge in [0.15, 0.2) is 6.10 Å². The van der Waals surface area contributed by atoms with Crippen LogP contribution in [0.15, 0.2) is 42.7 Å². The van der Waals surface area contributed by atoms with E-state index >= 15 is 0 Å². The molecule has 1 atom stereocenters. The molecule has 0 unspecified atom stereocenters. The van der Waals surface area contributed by atoms with Crippen molar-refractivity contribution >= 4 is 5.97 Å². The minimum absolute atomic E-state index is 0.269. The SMILES string of the molecule is C=C(C)OC(=O)[C@H](O)c1ccccc1. The quantitative estimate of drug-likeness (QED) is 0.586. The second-order valence-corrected chi connectivity index (χ2v) is 2.94. The van der Waals surface area contributed by atoms with Gasteiger partial charge in [-0.3, -0.25) is 0 Å². The normalized spacial score (nSPS) is 11.9. The molecule has 1 rings (SSSR count). The van der Waals surface area contributed by atoms with E-state index in [1.807, 2.05) is 0 Å². The van der Waals surface area contributed by atoms with Crippen molar-refractivity contribution in [3.05, 3.63) is 48.2 Å². The van der Waals surface area contributed by atoms with Crippen molar-refractivity contribution in [2.45, 2.75) is 13.0 Å². The Morgan fingerprint density at radius 3 is 2.50 bits per heavy atom. The lowest BCUT2D eigenvalue weighted by atomic mass is 10.1. The second kappa shape index (κ2) is 4.58. The molecule has 3 heteroatoms. The van der Waals surface area contributed by atoms with Crippen LogP contribution in [-0.2, 0) is 9.53 Å². The summed E-state index contributed by atoms with van der Waals surface area (Å²) in [6.45, 7) is 4.97. The van der Waals surface area contributed by atoms with Gasteiger partial charge in [0, 0.05) is 0 Å². The van der Waals surface area contributed by atoms with Gasteiger partial charge >= 0.3 is 5.97 Å². The Hall–Kier alpha value is -1.61. The number of carbonyl (C=O) groups is 1. The monoisotopic (exact) mass is 192 g/mol. The molecule has 1 aromatic rings. The zero-order valence-corrected chi connectivity index (χ0v) is 7.93. The summed E-state index contributed by atoms with van der Waals surface area (Å²) in [5.41, 5.74) is 0.513. The van der Waals surface area contributed by atoms with Gasteiger partial charge in [0.1, 0.15) is 0 Å². The third-order valence-corrected chi connectivity index (χ3v) is 1.61. The Morgan fingerprint density at radius 2 is 2.00 bits per heavy atom. The molecule has 0 aliphatic rings. The molecule has 0 fully saturated rings. The lowest BCUT2D eigenvalue weighted by molar-refractivity contribution is -0.149. The van der Waals surface area contributed by atoms with Crippen LogP contribution in [0.4, 0.5) is 0 Å². The van der Waals surface area contributed by atoms with Gasteiger partial charge in [0.05, 0.1) is 5.76 Å². The number of esters is 1. The first kappa shape index (κ1) is 10.5. The molecule has 0 spiro atoms. The van der Waals surface area contributed by atoms with Crippen molar-refractivity contribution in [3.8, 4) is 0 Å². The Balaban J connectivity index is 2.71. The predicted octanol–water partition coefficient (Wildman–Crippen LogP) is 1.80. The van der Waals surface area contributed by atoms with Gasteiger partial charge in [-0.2, -0.15) is 0 Å². The third kappa shape index (κ3) is 2.71. The lowest BCUT2D eigenvalue weighted by Crippen LogP contribution is -2.14. The molecule has 1 aromatic carbocycles. The number of hydrogen-bond acceptors (Lipinski definition) is 3. The molecule has 1 N–H and O–H groups in total. The van der Waals surface area contributed by atoms with Crippen LogP contribution < -0.4 is 0 Å². The molecule has 0 bridgehead atoms. The molecule has 0 aromatic heterocycles. The summed E-state index contributed by atoms with van der Waals surface area (Å²) >= 11 is 0. The van der Waals surface area contributed by atoms with Gasteiger partial charge in [0.25, 0.3) is 0 Å². The van der Waals surface area contributed by atoms with Gasteiger partial charge in [-0.15, -0.1) is 0 Å². The summed E-state index contributed by atoms with van der Waals surface area (Å²) in [5, 5.41) is 9.52. The molecular weight excluding hydrogens is 180 g/mol. The van der Waals surface area contributed by atoms with Crippen LogP contribution in [0, 0.1) is 0 Å². The summed E-state index contributed by atoms with van der Waals surface area (Å²) in [6.07, 6.45) is -1.24. The maximum atomic E-state index is 11.2. The number of hydrogen-bond donors (Lipinski definition) is 1. The lowest BCUT2D eigenvalue weighted by Gasteiger charge is -2.09. The molecule has 0 saturated heterocycles. The van der Waals surface area contributed by atoms with E-state index in [0.29, 0.717) is 5.56 Å². The van der Waals surface area contributed by atoms with E-state index in [9.17, 15) is 9.90 Å². The van der Waals surface area contributed by atoms with Gasteiger partial charge in [0.2, 0.25) is 0 Å². The second-order valence-electron chi connectivity index (χ2n) is 2.94. The number of benzene rings is 1. The minimum atomic E-state index is -1.24. The predicted molar refractivity (Wildman–Crippen MR) is 52.3 cm³/mol. The molecule has 74 valence electrons. The van der Waals surface area contributed by atoms with Gasteiger partial charge in [-0.1, -0.05) is 36.9 Å². The molecule has 0 heterocycles. The van der Waals surface area contributed by atoms with Crippen LogP contribution in [0.3, 0.4) is 0 Å². The Labute approximate surface area is 82.6 Å². The van der Waals surface area contributed by atoms with Crippen molar-refractivity contribution in [3.63, 3.8) is 0 Å². The van der Waals surface area contributed by atoms with Gasteiger partial charge in [-0.25, -0.2) is 4.79 Å². The van der Waals surface area contributed by atoms with Crippen LogP contribution in [0.1, 0.15) is 18.6 Å². The first-order valence-electron chi connectivity index (χ1n) is 4.21. The standard InChI is InChI=1S/C11H12O3/c1-8(2)14-11(13)10(12)9-6-4-3-5-7-9/h3-7,10,12H,1H2,2H3/t10-/m1/s1. The summed E-state index contributed by atoms with van der Waals surface area (Å²) < 4.78 is 4.68. The fraction of sp³-hybridized carbons (Fsp3) is 0.182. The van der Waals surface area contributed by atoms with E-state index in [4.69, 9.17) is 0 Å². The Kier molecular flexibility index (Phi) is 3.42. The minimum Gasteiger partial charge on any atom is -0.430 e. The maximum Gasteiger partial charge on any atom is 0.344 e. The molecule has 0 radical (unpaired) electrons. The fourth-order valence-corrected chi connectivity index (χ4v) is 0.999. The van der Waals surface area contributed by atoms with E-state index in [1.165, 1.54) is 0 Å². The molecular formula is C11H12O3. The van der Waals surface area contributed by atoms with E-state index in [1.54, 1.807) is 37.3 Å². The average molecular weight is 192 g/mol. The highest BCUT2D eigenvalue weighted by molar-refractivity contribution is 5.77. The maximum absolute atomic E-state index is 11.2. The fourth-order valence-electron chi connectivity index (χ4n) is 0.999. The molecule has 0 aliphatic heterocycles. The van der Waals surface area contributed by atoms with Crippen LogP contribution in [0.2, 0.25) is 0 Å². The zero-order valence-electron chi connectivity index (χ0n) is 7.93. The van der Waals surface area contributed by atoms with E-state index in [0.717, 1.165) is 0 Å². The van der Waals surface area contributed by atoms with Gasteiger partial charge < -0.3 is 9.84 Å². The Morgan fingerprint density at radius 1 is 1.43 bits per heavy atom. The summed E-state index contributed by atoms with van der Waals surface area (Å²) in [7, 11) is 0. The number of carbonyl (C=O) groups excluding carboxylic acids is 1. The molecule has 0 saturated carbocycles. The molecule has 0 aliphatic carbocycles. The topological polar surface area (TPSA) is 46.5 Å². The van der Waals surface area contributed by atoms with Crippen molar-refractivity contribution in [2.75, 3.05) is 0 Å². The first-order chi connectivity index (χ1) is 6.61. The summed E-state index contributed by atoms with van der Waals surface area (Å²) in [6, 6.07) is 8.61. The highest BCUT2D eigenvalue weighted by atomic mass is 16.5. The van der Waals surface area contributed by atoms with Crippen LogP contribution in [0.25, 0.3) is 0 Å². The first-order valence-corrected chi connectivity index (χ1v) is 4.21. The van der Waals surface area contributed by atoms with Crippen molar-refractivity contribution < 1.29 is 14.6 Å². The van der Waals surface area contributed by atoms with Crippen LogP contribution >= 0.6 is 0 Å². The highest BCUT2D eigenvalue weighted by Crippen LogP contribution is 2.14. The van der Waals surface area contributed by atoms with Crippen molar-refractivity contribution in [1.29, 1.82) is 0 Å². The smallest absolute Gasteiger partial charge is 0.344 e. The van der Waals surface area contributed by atoms with Gasteiger partial charge in [-0.05, 0) is 12.5 Å². The highest BCUT2D eigenvalue weighted by Gasteiger charge is 2.18. The summed E-state index contributed by atoms with van der Waals surface area (Å²) in [5.74, 6) is -0.436. The summed E-state index contributed by atoms with van der Waals surface area (Å²) in [4.78, 5) is 11.2. The van der Waals surface area contributed by atoms with Crippen molar-refractivity contribution in [1.82, 2.24) is 0 Å². The third-order valence-electron chi connectivity index (χ3n) is 1.61. The molecule has 0 amide bonds. The van der Waals surface area contributed by atoms with E-state index in [-0.39, 0.29) is 5.76 Å². The van der Waals surface area contributed by atoms with E-state index < -0.39 is 12.1 Å². The zero-order chi connectivity index (χ0) is 10.6. The molecule has 3 nitrogen and oxygen atoms in total. The number of allylic oxidation sites excluding steroid dienone is 1. The van der Waals surface area contributed by atoms with Crippen LogP contribution in [0.5, 0.6) is 0 Å². The Bertz CT molecular complexity index is 330. The van der Waals surface area contributed by atoms with Crippen LogP contribution in [-0.4, -0.2) is 11.1 Å². The van der Waals surface area contributed by atoms with Crippen molar-refractivity contribution in [2.24, 2.45) is 0 Å².